The lowest BCUT2D eigenvalue weighted by molar-refractivity contribution is -0.150. The SMILES string of the molecule is Cc1noc2ncnc(N3CCOC(C(=O)O)C3)c12. The molecular weight excluding hydrogens is 252 g/mol. The molecule has 1 aliphatic rings. The van der Waals surface area contributed by atoms with Crippen molar-refractivity contribution in [3.8, 4) is 0 Å². The molecule has 1 unspecified atom stereocenters. The molecule has 0 bridgehead atoms. The molecule has 1 fully saturated rings. The number of carbonyl (C=O) groups is 1. The molecule has 0 saturated carbocycles. The Kier molecular flexibility index (Phi) is 2.79. The minimum absolute atomic E-state index is 0.242. The maximum Gasteiger partial charge on any atom is 0.334 e. The van der Waals surface area contributed by atoms with Crippen LogP contribution in [0, 0.1) is 6.92 Å². The lowest BCUT2D eigenvalue weighted by Crippen LogP contribution is -2.46. The van der Waals surface area contributed by atoms with Gasteiger partial charge in [-0.25, -0.2) is 9.78 Å². The van der Waals surface area contributed by atoms with E-state index >= 15 is 0 Å². The lowest BCUT2D eigenvalue weighted by atomic mass is 10.2. The van der Waals surface area contributed by atoms with Gasteiger partial charge < -0.3 is 19.3 Å². The second-order valence-electron chi connectivity index (χ2n) is 4.29. The Labute approximate surface area is 108 Å². The van der Waals surface area contributed by atoms with E-state index in [1.54, 1.807) is 6.92 Å². The van der Waals surface area contributed by atoms with Crippen LogP contribution in [0.3, 0.4) is 0 Å². The molecule has 1 saturated heterocycles. The van der Waals surface area contributed by atoms with Crippen LogP contribution in [-0.4, -0.2) is 52.0 Å². The van der Waals surface area contributed by atoms with Gasteiger partial charge in [0.1, 0.15) is 17.5 Å². The van der Waals surface area contributed by atoms with Gasteiger partial charge in [-0.15, -0.1) is 0 Å². The molecule has 0 spiro atoms. The lowest BCUT2D eigenvalue weighted by Gasteiger charge is -2.31. The van der Waals surface area contributed by atoms with Crippen molar-refractivity contribution in [2.45, 2.75) is 13.0 Å². The molecule has 8 heteroatoms. The number of carboxylic acid groups (broad SMARTS) is 1. The van der Waals surface area contributed by atoms with Crippen LogP contribution in [0.4, 0.5) is 5.82 Å². The number of nitrogens with zero attached hydrogens (tertiary/aromatic N) is 4. The molecule has 100 valence electrons. The average Bonchev–Trinajstić information content (AvgIpc) is 2.81. The summed E-state index contributed by atoms with van der Waals surface area (Å²) in [7, 11) is 0. The van der Waals surface area contributed by atoms with Crippen molar-refractivity contribution in [1.82, 2.24) is 15.1 Å². The van der Waals surface area contributed by atoms with Crippen LogP contribution in [0.1, 0.15) is 5.69 Å². The molecule has 8 nitrogen and oxygen atoms in total. The van der Waals surface area contributed by atoms with Crippen molar-refractivity contribution >= 4 is 22.9 Å². The third-order valence-corrected chi connectivity index (χ3v) is 3.06. The zero-order valence-corrected chi connectivity index (χ0v) is 10.2. The highest BCUT2D eigenvalue weighted by atomic mass is 16.5. The topological polar surface area (TPSA) is 102 Å². The summed E-state index contributed by atoms with van der Waals surface area (Å²) in [6.07, 6.45) is 0.534. The Balaban J connectivity index is 1.99. The first-order chi connectivity index (χ1) is 9.16. The van der Waals surface area contributed by atoms with Gasteiger partial charge in [0, 0.05) is 6.54 Å². The van der Waals surface area contributed by atoms with E-state index in [9.17, 15) is 4.79 Å². The van der Waals surface area contributed by atoms with E-state index in [1.807, 2.05) is 4.90 Å². The first kappa shape index (κ1) is 11.8. The first-order valence-electron chi connectivity index (χ1n) is 5.83. The van der Waals surface area contributed by atoms with E-state index in [0.717, 1.165) is 0 Å². The van der Waals surface area contributed by atoms with Crippen molar-refractivity contribution in [3.05, 3.63) is 12.0 Å². The highest BCUT2D eigenvalue weighted by molar-refractivity contribution is 5.88. The van der Waals surface area contributed by atoms with Crippen LogP contribution in [0.25, 0.3) is 11.1 Å². The van der Waals surface area contributed by atoms with Crippen LogP contribution in [0.5, 0.6) is 0 Å². The van der Waals surface area contributed by atoms with Crippen LogP contribution in [0.2, 0.25) is 0 Å². The number of morpholine rings is 1. The fraction of sp³-hybridized carbons (Fsp3) is 0.455. The van der Waals surface area contributed by atoms with E-state index in [1.165, 1.54) is 6.33 Å². The number of carboxylic acids is 1. The maximum absolute atomic E-state index is 11.0. The van der Waals surface area contributed by atoms with E-state index in [0.29, 0.717) is 35.8 Å². The highest BCUT2D eigenvalue weighted by Gasteiger charge is 2.28. The summed E-state index contributed by atoms with van der Waals surface area (Å²) >= 11 is 0. The van der Waals surface area contributed by atoms with Gasteiger partial charge in [-0.1, -0.05) is 5.16 Å². The minimum atomic E-state index is -0.975. The molecule has 3 heterocycles. The molecule has 0 aliphatic carbocycles. The molecule has 19 heavy (non-hydrogen) atoms. The summed E-state index contributed by atoms with van der Waals surface area (Å²) < 4.78 is 10.3. The number of hydrogen-bond donors (Lipinski definition) is 1. The second-order valence-corrected chi connectivity index (χ2v) is 4.29. The number of ether oxygens (including phenoxy) is 1. The van der Waals surface area contributed by atoms with E-state index in [-0.39, 0.29) is 6.54 Å². The number of fused-ring (bicyclic) bond motifs is 1. The molecule has 1 N–H and O–H groups in total. The first-order valence-corrected chi connectivity index (χ1v) is 5.83. The normalized spacial score (nSPS) is 19.8. The average molecular weight is 264 g/mol. The van der Waals surface area contributed by atoms with Gasteiger partial charge in [0.05, 0.1) is 18.8 Å². The Morgan fingerprint density at radius 3 is 3.16 bits per heavy atom. The van der Waals surface area contributed by atoms with Gasteiger partial charge in [0.25, 0.3) is 5.71 Å². The molecule has 1 aliphatic heterocycles. The number of hydrogen-bond acceptors (Lipinski definition) is 7. The van der Waals surface area contributed by atoms with Crippen LogP contribution in [0.15, 0.2) is 10.9 Å². The third-order valence-electron chi connectivity index (χ3n) is 3.06. The summed E-state index contributed by atoms with van der Waals surface area (Å²) in [5.41, 5.74) is 1.09. The molecule has 0 aromatic carbocycles. The predicted octanol–water partition coefficient (Wildman–Crippen LogP) is 0.216. The van der Waals surface area contributed by atoms with Crippen LogP contribution >= 0.6 is 0 Å². The third kappa shape index (κ3) is 1.99. The Hall–Kier alpha value is -2.22. The van der Waals surface area contributed by atoms with Crippen LogP contribution in [-0.2, 0) is 9.53 Å². The smallest absolute Gasteiger partial charge is 0.334 e. The molecular formula is C11H12N4O4. The van der Waals surface area contributed by atoms with E-state index in [4.69, 9.17) is 14.4 Å². The number of aromatic nitrogens is 3. The second kappa shape index (κ2) is 4.47. The van der Waals surface area contributed by atoms with Gasteiger partial charge in [-0.2, -0.15) is 4.98 Å². The zero-order chi connectivity index (χ0) is 13.4. The Bertz CT molecular complexity index is 626. The maximum atomic E-state index is 11.0. The van der Waals surface area contributed by atoms with Crippen molar-refractivity contribution in [1.29, 1.82) is 0 Å². The monoisotopic (exact) mass is 264 g/mol. The van der Waals surface area contributed by atoms with Crippen molar-refractivity contribution in [2.75, 3.05) is 24.6 Å². The number of anilines is 1. The fourth-order valence-electron chi connectivity index (χ4n) is 2.13. The quantitative estimate of drug-likeness (QED) is 0.821. The van der Waals surface area contributed by atoms with Crippen molar-refractivity contribution in [3.63, 3.8) is 0 Å². The van der Waals surface area contributed by atoms with Crippen LogP contribution < -0.4 is 4.90 Å². The van der Waals surface area contributed by atoms with Gasteiger partial charge in [-0.05, 0) is 6.92 Å². The Morgan fingerprint density at radius 2 is 2.37 bits per heavy atom. The zero-order valence-electron chi connectivity index (χ0n) is 10.2. The summed E-state index contributed by atoms with van der Waals surface area (Å²) in [4.78, 5) is 21.1. The standard InChI is InChI=1S/C11H12N4O4/c1-6-8-9(12-5-13-10(8)19-14-6)15-2-3-18-7(4-15)11(16)17/h5,7H,2-4H2,1H3,(H,16,17). The molecule has 1 atom stereocenters. The summed E-state index contributed by atoms with van der Waals surface area (Å²) in [5, 5.41) is 13.6. The molecule has 0 radical (unpaired) electrons. The summed E-state index contributed by atoms with van der Waals surface area (Å²) in [6, 6.07) is 0. The minimum Gasteiger partial charge on any atom is -0.479 e. The largest absolute Gasteiger partial charge is 0.479 e. The summed E-state index contributed by atoms with van der Waals surface area (Å²) in [6.45, 7) is 2.95. The number of aliphatic carboxylic acids is 1. The predicted molar refractivity (Wildman–Crippen MR) is 63.9 cm³/mol. The number of aryl methyl sites for hydroxylation is 1. The molecule has 2 aromatic heterocycles. The number of rotatable bonds is 2. The van der Waals surface area contributed by atoms with Crippen molar-refractivity contribution in [2.24, 2.45) is 0 Å². The fourth-order valence-corrected chi connectivity index (χ4v) is 2.13. The summed E-state index contributed by atoms with van der Waals surface area (Å²) in [5.74, 6) is -0.338. The van der Waals surface area contributed by atoms with E-state index in [2.05, 4.69) is 15.1 Å². The highest BCUT2D eigenvalue weighted by Crippen LogP contribution is 2.26. The van der Waals surface area contributed by atoms with Gasteiger partial charge in [0.2, 0.25) is 0 Å². The van der Waals surface area contributed by atoms with Gasteiger partial charge in [-0.3, -0.25) is 0 Å². The van der Waals surface area contributed by atoms with E-state index < -0.39 is 12.1 Å². The Morgan fingerprint density at radius 1 is 1.53 bits per heavy atom. The van der Waals surface area contributed by atoms with Gasteiger partial charge >= 0.3 is 5.97 Å². The van der Waals surface area contributed by atoms with Crippen molar-refractivity contribution < 1.29 is 19.2 Å². The molecule has 3 rings (SSSR count). The molecule has 0 amide bonds. The van der Waals surface area contributed by atoms with Gasteiger partial charge in [0.15, 0.2) is 6.10 Å². The molecule has 2 aromatic rings.